The molecule has 2 heterocycles. The van der Waals surface area contributed by atoms with Crippen molar-refractivity contribution in [2.24, 2.45) is 10.3 Å². The fraction of sp³-hybridized carbons (Fsp3) is 0.116. The molecule has 256 valence electrons. The van der Waals surface area contributed by atoms with E-state index in [0.717, 1.165) is 38.9 Å². The Labute approximate surface area is 301 Å². The summed E-state index contributed by atoms with van der Waals surface area (Å²) in [5.41, 5.74) is 11.0. The molecule has 0 saturated heterocycles. The van der Waals surface area contributed by atoms with Crippen molar-refractivity contribution in [1.29, 1.82) is 0 Å². The molecule has 0 amide bonds. The molecule has 8 rings (SSSR count). The lowest BCUT2D eigenvalue weighted by molar-refractivity contribution is 0.0698. The molecule has 2 N–H and O–H groups in total. The summed E-state index contributed by atoms with van der Waals surface area (Å²) < 4.78 is 7.69. The summed E-state index contributed by atoms with van der Waals surface area (Å²) in [7, 11) is 0. The second-order valence-corrected chi connectivity index (χ2v) is 12.5. The van der Waals surface area contributed by atoms with Gasteiger partial charge >= 0.3 is 5.97 Å². The van der Waals surface area contributed by atoms with E-state index in [9.17, 15) is 9.90 Å². The van der Waals surface area contributed by atoms with Gasteiger partial charge in [-0.05, 0) is 52.4 Å². The minimum Gasteiger partial charge on any atom is -0.478 e. The molecule has 1 aromatic heterocycles. The highest BCUT2D eigenvalue weighted by Crippen LogP contribution is 2.48. The minimum atomic E-state index is -1.01. The number of hydrazine groups is 1. The maximum Gasteiger partial charge on any atom is 0.337 e. The van der Waals surface area contributed by atoms with Gasteiger partial charge in [-0.25, -0.2) is 10.3 Å². The Morgan fingerprint density at radius 2 is 1.35 bits per heavy atom. The summed E-state index contributed by atoms with van der Waals surface area (Å²) in [4.78, 5) is 16.8. The van der Waals surface area contributed by atoms with Crippen LogP contribution in [0.2, 0.25) is 0 Å². The molecule has 6 aromatic carbocycles. The number of hydrogen-bond acceptors (Lipinski definition) is 7. The first-order valence-corrected chi connectivity index (χ1v) is 17.2. The highest BCUT2D eigenvalue weighted by atomic mass is 16.5. The van der Waals surface area contributed by atoms with E-state index in [1.807, 2.05) is 41.8 Å². The average molecular weight is 685 g/mol. The molecule has 0 radical (unpaired) electrons. The van der Waals surface area contributed by atoms with Crippen molar-refractivity contribution in [1.82, 2.24) is 20.1 Å². The van der Waals surface area contributed by atoms with E-state index < -0.39 is 17.7 Å². The van der Waals surface area contributed by atoms with Gasteiger partial charge in [0.05, 0.1) is 29.7 Å². The molecule has 7 aromatic rings. The molecule has 9 nitrogen and oxygen atoms in total. The van der Waals surface area contributed by atoms with Gasteiger partial charge in [0.1, 0.15) is 5.54 Å². The van der Waals surface area contributed by atoms with E-state index in [2.05, 4.69) is 130 Å². The van der Waals surface area contributed by atoms with Crippen molar-refractivity contribution in [3.05, 3.63) is 191 Å². The second-order valence-electron chi connectivity index (χ2n) is 12.5. The Morgan fingerprint density at radius 3 is 1.94 bits per heavy atom. The topological polar surface area (TPSA) is 104 Å². The molecule has 1 aliphatic rings. The molecule has 0 fully saturated rings. The first kappa shape index (κ1) is 32.6. The molecule has 0 aliphatic carbocycles. The second kappa shape index (κ2) is 14.0. The van der Waals surface area contributed by atoms with E-state index in [1.165, 1.54) is 0 Å². The first-order chi connectivity index (χ1) is 25.6. The molecule has 52 heavy (non-hydrogen) atoms. The fourth-order valence-electron chi connectivity index (χ4n) is 7.33. The number of carboxylic acid groups (broad SMARTS) is 1. The Hall–Kier alpha value is -6.58. The summed E-state index contributed by atoms with van der Waals surface area (Å²) in [6.45, 7) is 2.68. The predicted molar refractivity (Wildman–Crippen MR) is 201 cm³/mol. The van der Waals surface area contributed by atoms with Crippen LogP contribution in [0.1, 0.15) is 51.3 Å². The number of hydrogen-bond donors (Lipinski definition) is 2. The van der Waals surface area contributed by atoms with Gasteiger partial charge in [-0.2, -0.15) is 9.99 Å². The van der Waals surface area contributed by atoms with E-state index in [4.69, 9.17) is 9.85 Å². The van der Waals surface area contributed by atoms with Crippen LogP contribution in [-0.4, -0.2) is 32.2 Å². The fourth-order valence-corrected chi connectivity index (χ4v) is 7.33. The van der Waals surface area contributed by atoms with Crippen LogP contribution in [-0.2, 0) is 12.1 Å². The lowest BCUT2D eigenvalue weighted by atomic mass is 9.75. The molecular weight excluding hydrogens is 649 g/mol. The molecule has 0 bridgehead atoms. The first-order valence-electron chi connectivity index (χ1n) is 17.2. The number of benzene rings is 6. The Kier molecular flexibility index (Phi) is 8.76. The molecule has 1 atom stereocenters. The lowest BCUT2D eigenvalue weighted by Gasteiger charge is -2.44. The van der Waals surface area contributed by atoms with Gasteiger partial charge in [0, 0.05) is 5.56 Å². The number of aromatic nitrogens is 2. The largest absolute Gasteiger partial charge is 0.478 e. The number of carboxylic acids is 1. The van der Waals surface area contributed by atoms with Crippen LogP contribution in [0.4, 0.5) is 0 Å². The molecular formula is C43H36N6O3. The van der Waals surface area contributed by atoms with Crippen LogP contribution >= 0.6 is 0 Å². The summed E-state index contributed by atoms with van der Waals surface area (Å²) in [5, 5.41) is 21.4. The van der Waals surface area contributed by atoms with Crippen LogP contribution in [0.3, 0.4) is 0 Å². The molecule has 1 aliphatic heterocycles. The van der Waals surface area contributed by atoms with Gasteiger partial charge in [-0.3, -0.25) is 4.57 Å². The van der Waals surface area contributed by atoms with Crippen molar-refractivity contribution in [2.75, 3.05) is 6.61 Å². The van der Waals surface area contributed by atoms with Crippen LogP contribution in [0, 0.1) is 0 Å². The summed E-state index contributed by atoms with van der Waals surface area (Å²) in [5.74, 6) is -1.01. The number of aromatic carboxylic acids is 1. The van der Waals surface area contributed by atoms with E-state index in [0.29, 0.717) is 30.2 Å². The van der Waals surface area contributed by atoms with Gasteiger partial charge in [-0.1, -0.05) is 151 Å². The van der Waals surface area contributed by atoms with E-state index in [-0.39, 0.29) is 5.56 Å². The lowest BCUT2D eigenvalue weighted by Crippen LogP contribution is -2.52. The number of rotatable bonds is 11. The zero-order valence-electron chi connectivity index (χ0n) is 28.5. The zero-order chi connectivity index (χ0) is 35.5. The van der Waals surface area contributed by atoms with Crippen LogP contribution in [0.15, 0.2) is 168 Å². The molecule has 1 unspecified atom stereocenters. The Morgan fingerprint density at radius 1 is 0.750 bits per heavy atom. The van der Waals surface area contributed by atoms with Crippen molar-refractivity contribution in [3.63, 3.8) is 0 Å². The van der Waals surface area contributed by atoms with Gasteiger partial charge in [0.2, 0.25) is 0 Å². The smallest absolute Gasteiger partial charge is 0.337 e. The van der Waals surface area contributed by atoms with E-state index >= 15 is 0 Å². The third-order valence-corrected chi connectivity index (χ3v) is 9.58. The van der Waals surface area contributed by atoms with Crippen molar-refractivity contribution < 1.29 is 14.6 Å². The molecule has 0 spiro atoms. The number of imidazole rings is 1. The van der Waals surface area contributed by atoms with Crippen LogP contribution < -0.4 is 10.3 Å². The van der Waals surface area contributed by atoms with Crippen molar-refractivity contribution in [2.45, 2.75) is 25.2 Å². The highest BCUT2D eigenvalue weighted by molar-refractivity contribution is 6.01. The van der Waals surface area contributed by atoms with Crippen molar-refractivity contribution in [3.8, 4) is 17.1 Å². The predicted octanol–water partition coefficient (Wildman–Crippen LogP) is 9.03. The zero-order valence-corrected chi connectivity index (χ0v) is 28.5. The molecule has 9 heteroatoms. The third-order valence-electron chi connectivity index (χ3n) is 9.58. The van der Waals surface area contributed by atoms with Crippen LogP contribution in [0.25, 0.3) is 22.2 Å². The molecule has 0 saturated carbocycles. The average Bonchev–Trinajstić information content (AvgIpc) is 3.82. The summed E-state index contributed by atoms with van der Waals surface area (Å²) in [6.07, 6.45) is -0.489. The third kappa shape index (κ3) is 5.67. The number of nitrogens with zero attached hydrogens (tertiary/aromatic N) is 5. The Bertz CT molecular complexity index is 2260. The highest BCUT2D eigenvalue weighted by Gasteiger charge is 2.48. The van der Waals surface area contributed by atoms with Gasteiger partial charge in [0.15, 0.2) is 6.17 Å². The number of para-hydroxylation sites is 1. The Balaban J connectivity index is 1.20. The summed E-state index contributed by atoms with van der Waals surface area (Å²) in [6, 6.07) is 53.5. The summed E-state index contributed by atoms with van der Waals surface area (Å²) >= 11 is 0. The van der Waals surface area contributed by atoms with Gasteiger partial charge in [-0.15, -0.1) is 5.11 Å². The standard InChI is InChI=1S/C43H36N6O3/c1-2-52-42-44-38-24-14-23-37(41(50)51)39(38)48(42)29-30-25-27-31(28-26-30)35-21-12-13-22-36(35)40-45-46-47-49(40)43(32-15-6-3-7-16-32,33-17-8-4-9-18-33)34-19-10-5-11-20-34/h3-28,40H,2,29H2,1H3,(H,45,47)(H,50,51). The number of fused-ring (bicyclic) bond motifs is 1. The van der Waals surface area contributed by atoms with E-state index in [1.54, 1.807) is 18.2 Å². The quantitative estimate of drug-likeness (QED) is 0.132. The number of ether oxygens (including phenoxy) is 1. The number of carbonyl (C=O) groups is 1. The maximum absolute atomic E-state index is 12.2. The van der Waals surface area contributed by atoms with Crippen molar-refractivity contribution >= 4 is 17.0 Å². The normalized spacial score (nSPS) is 14.4. The van der Waals surface area contributed by atoms with Gasteiger partial charge < -0.3 is 9.84 Å². The SMILES string of the molecule is CCOc1nc2cccc(C(=O)O)c2n1Cc1ccc(-c2ccccc2C2N=NNN2C(c2ccccc2)(c2ccccc2)c2ccccc2)cc1. The maximum atomic E-state index is 12.2. The monoisotopic (exact) mass is 684 g/mol. The van der Waals surface area contributed by atoms with Gasteiger partial charge in [0.25, 0.3) is 6.01 Å². The van der Waals surface area contributed by atoms with Crippen LogP contribution in [0.5, 0.6) is 6.01 Å². The minimum absolute atomic E-state index is 0.183. The number of nitrogens with one attached hydrogen (secondary N) is 1.